The van der Waals surface area contributed by atoms with Crippen LogP contribution in [0.25, 0.3) is 11.1 Å². The van der Waals surface area contributed by atoms with Crippen molar-refractivity contribution in [2.24, 2.45) is 0 Å². The fourth-order valence-electron chi connectivity index (χ4n) is 1.96. The summed E-state index contributed by atoms with van der Waals surface area (Å²) in [6, 6.07) is 8.14. The summed E-state index contributed by atoms with van der Waals surface area (Å²) in [5.74, 6) is 0.560. The van der Waals surface area contributed by atoms with Gasteiger partial charge in [-0.1, -0.05) is 48.8 Å². The second-order valence-corrected chi connectivity index (χ2v) is 6.02. The fourth-order valence-corrected chi connectivity index (χ4v) is 2.36. The third kappa shape index (κ3) is 2.29. The van der Waals surface area contributed by atoms with Crippen LogP contribution in [0.4, 0.5) is 5.82 Å². The first-order chi connectivity index (χ1) is 8.45. The number of H-pyrrole nitrogens is 1. The number of nitrogens with one attached hydrogen (secondary N) is 1. The highest BCUT2D eigenvalue weighted by atomic mass is 79.9. The zero-order chi connectivity index (χ0) is 13.3. The lowest BCUT2D eigenvalue weighted by Crippen LogP contribution is -2.17. The topological polar surface area (TPSA) is 54.7 Å². The van der Waals surface area contributed by atoms with Crippen LogP contribution in [0.5, 0.6) is 0 Å². The third-order valence-electron chi connectivity index (χ3n) is 3.47. The minimum atomic E-state index is 0.0300. The molecule has 18 heavy (non-hydrogen) atoms. The van der Waals surface area contributed by atoms with E-state index in [1.807, 2.05) is 12.1 Å². The van der Waals surface area contributed by atoms with Gasteiger partial charge in [-0.05, 0) is 24.1 Å². The quantitative estimate of drug-likeness (QED) is 0.896. The molecule has 1 aromatic carbocycles. The van der Waals surface area contributed by atoms with Crippen LogP contribution < -0.4 is 5.73 Å². The Hall–Kier alpha value is -1.29. The second kappa shape index (κ2) is 4.76. The van der Waals surface area contributed by atoms with E-state index in [-0.39, 0.29) is 5.41 Å². The van der Waals surface area contributed by atoms with Gasteiger partial charge in [0, 0.05) is 15.5 Å². The largest absolute Gasteiger partial charge is 0.382 e. The van der Waals surface area contributed by atoms with E-state index in [0.717, 1.165) is 27.7 Å². The van der Waals surface area contributed by atoms with E-state index in [0.29, 0.717) is 5.82 Å². The molecule has 4 heteroatoms. The monoisotopic (exact) mass is 307 g/mol. The van der Waals surface area contributed by atoms with Gasteiger partial charge in [-0.15, -0.1) is 0 Å². The zero-order valence-corrected chi connectivity index (χ0v) is 12.5. The van der Waals surface area contributed by atoms with Crippen molar-refractivity contribution in [1.82, 2.24) is 10.2 Å². The van der Waals surface area contributed by atoms with Gasteiger partial charge in [0.15, 0.2) is 5.82 Å². The van der Waals surface area contributed by atoms with E-state index >= 15 is 0 Å². The number of nitrogens with two attached hydrogens (primary N) is 1. The van der Waals surface area contributed by atoms with Gasteiger partial charge in [0.1, 0.15) is 0 Å². The third-order valence-corrected chi connectivity index (χ3v) is 3.96. The Morgan fingerprint density at radius 3 is 2.72 bits per heavy atom. The number of nitrogen functional groups attached to an aromatic ring is 1. The summed E-state index contributed by atoms with van der Waals surface area (Å²) in [5.41, 5.74) is 9.25. The number of anilines is 1. The average Bonchev–Trinajstić information content (AvgIpc) is 2.72. The summed E-state index contributed by atoms with van der Waals surface area (Å²) in [6.07, 6.45) is 1.02. The van der Waals surface area contributed by atoms with E-state index in [4.69, 9.17) is 5.73 Å². The molecule has 0 saturated heterocycles. The van der Waals surface area contributed by atoms with E-state index in [1.165, 1.54) is 0 Å². The van der Waals surface area contributed by atoms with E-state index < -0.39 is 0 Å². The molecule has 3 N–H and O–H groups in total. The van der Waals surface area contributed by atoms with Gasteiger partial charge in [0.05, 0.1) is 5.69 Å². The molecule has 96 valence electrons. The van der Waals surface area contributed by atoms with Crippen LogP contribution in [-0.2, 0) is 5.41 Å². The first-order valence-corrected chi connectivity index (χ1v) is 6.85. The number of nitrogens with zero attached hydrogens (tertiary/aromatic N) is 1. The molecule has 0 atom stereocenters. The molecule has 3 nitrogen and oxygen atoms in total. The van der Waals surface area contributed by atoms with Gasteiger partial charge in [0.25, 0.3) is 0 Å². The number of rotatable bonds is 3. The lowest BCUT2D eigenvalue weighted by molar-refractivity contribution is 0.490. The summed E-state index contributed by atoms with van der Waals surface area (Å²) in [7, 11) is 0. The van der Waals surface area contributed by atoms with Crippen LogP contribution >= 0.6 is 15.9 Å². The van der Waals surface area contributed by atoms with Crippen LogP contribution in [0.1, 0.15) is 32.9 Å². The predicted octanol–water partition coefficient (Wildman–Crippen LogP) is 4.11. The van der Waals surface area contributed by atoms with Crippen LogP contribution in [0.15, 0.2) is 28.7 Å². The van der Waals surface area contributed by atoms with Crippen LogP contribution in [0, 0.1) is 0 Å². The van der Waals surface area contributed by atoms with Gasteiger partial charge in [-0.3, -0.25) is 5.10 Å². The first-order valence-electron chi connectivity index (χ1n) is 6.06. The smallest absolute Gasteiger partial charge is 0.153 e. The molecule has 0 aliphatic heterocycles. The summed E-state index contributed by atoms with van der Waals surface area (Å²) in [4.78, 5) is 0. The SMILES string of the molecule is CCC(C)(C)c1[nH]nc(N)c1-c1cccc(Br)c1. The Labute approximate surface area is 116 Å². The van der Waals surface area contributed by atoms with Crippen LogP contribution in [-0.4, -0.2) is 10.2 Å². The minimum absolute atomic E-state index is 0.0300. The van der Waals surface area contributed by atoms with Gasteiger partial charge in [-0.25, -0.2) is 0 Å². The Bertz CT molecular complexity index is 558. The molecule has 2 aromatic rings. The van der Waals surface area contributed by atoms with Gasteiger partial charge >= 0.3 is 0 Å². The molecule has 1 aromatic heterocycles. The van der Waals surface area contributed by atoms with Crippen molar-refractivity contribution in [3.63, 3.8) is 0 Å². The summed E-state index contributed by atoms with van der Waals surface area (Å²) in [5, 5.41) is 7.27. The number of hydrogen-bond acceptors (Lipinski definition) is 2. The highest BCUT2D eigenvalue weighted by Crippen LogP contribution is 2.37. The molecular formula is C14H18BrN3. The molecule has 0 bridgehead atoms. The second-order valence-electron chi connectivity index (χ2n) is 5.11. The molecule has 0 aliphatic carbocycles. The van der Waals surface area contributed by atoms with Gasteiger partial charge < -0.3 is 5.73 Å². The molecule has 0 spiro atoms. The maximum absolute atomic E-state index is 6.02. The number of hydrogen-bond donors (Lipinski definition) is 2. The molecule has 0 fully saturated rings. The Balaban J connectivity index is 2.61. The molecule has 0 radical (unpaired) electrons. The fraction of sp³-hybridized carbons (Fsp3) is 0.357. The Morgan fingerprint density at radius 2 is 2.11 bits per heavy atom. The summed E-state index contributed by atoms with van der Waals surface area (Å²) < 4.78 is 1.04. The molecule has 2 rings (SSSR count). The molecule has 0 amide bonds. The first kappa shape index (κ1) is 13.1. The maximum atomic E-state index is 6.02. The zero-order valence-electron chi connectivity index (χ0n) is 10.9. The van der Waals surface area contributed by atoms with Crippen molar-refractivity contribution < 1.29 is 0 Å². The standard InChI is InChI=1S/C14H18BrN3/c1-4-14(2,3)12-11(13(16)18-17-12)9-6-5-7-10(15)8-9/h5-8H,4H2,1-3H3,(H3,16,17,18). The average molecular weight is 308 g/mol. The summed E-state index contributed by atoms with van der Waals surface area (Å²) >= 11 is 3.49. The lowest BCUT2D eigenvalue weighted by atomic mass is 9.83. The molecule has 0 aliphatic rings. The molecule has 1 heterocycles. The molecule has 0 saturated carbocycles. The highest BCUT2D eigenvalue weighted by molar-refractivity contribution is 9.10. The normalized spacial score (nSPS) is 11.8. The lowest BCUT2D eigenvalue weighted by Gasteiger charge is -2.22. The van der Waals surface area contributed by atoms with Crippen molar-refractivity contribution >= 4 is 21.7 Å². The van der Waals surface area contributed by atoms with Crippen molar-refractivity contribution in [3.05, 3.63) is 34.4 Å². The van der Waals surface area contributed by atoms with E-state index in [9.17, 15) is 0 Å². The van der Waals surface area contributed by atoms with Gasteiger partial charge in [0.2, 0.25) is 0 Å². The van der Waals surface area contributed by atoms with Crippen molar-refractivity contribution in [3.8, 4) is 11.1 Å². The number of benzene rings is 1. The van der Waals surface area contributed by atoms with Crippen molar-refractivity contribution in [1.29, 1.82) is 0 Å². The molecule has 0 unspecified atom stereocenters. The highest BCUT2D eigenvalue weighted by Gasteiger charge is 2.26. The maximum Gasteiger partial charge on any atom is 0.153 e. The predicted molar refractivity (Wildman–Crippen MR) is 79.5 cm³/mol. The van der Waals surface area contributed by atoms with E-state index in [1.54, 1.807) is 0 Å². The minimum Gasteiger partial charge on any atom is -0.382 e. The molecular weight excluding hydrogens is 290 g/mol. The number of halogens is 1. The van der Waals surface area contributed by atoms with Crippen LogP contribution in [0.3, 0.4) is 0 Å². The summed E-state index contributed by atoms with van der Waals surface area (Å²) in [6.45, 7) is 6.56. The Kier molecular flexibility index (Phi) is 3.48. The number of aromatic nitrogens is 2. The van der Waals surface area contributed by atoms with Gasteiger partial charge in [-0.2, -0.15) is 5.10 Å². The Morgan fingerprint density at radius 1 is 1.39 bits per heavy atom. The number of aromatic amines is 1. The van der Waals surface area contributed by atoms with Crippen LogP contribution in [0.2, 0.25) is 0 Å². The van der Waals surface area contributed by atoms with E-state index in [2.05, 4.69) is 59.0 Å². The van der Waals surface area contributed by atoms with Crippen molar-refractivity contribution in [2.45, 2.75) is 32.6 Å². The van der Waals surface area contributed by atoms with Crippen molar-refractivity contribution in [2.75, 3.05) is 5.73 Å².